The summed E-state index contributed by atoms with van der Waals surface area (Å²) in [5.74, 6) is -0.511. The number of hydrogen-bond donors (Lipinski definition) is 1. The third kappa shape index (κ3) is 2.43. The van der Waals surface area contributed by atoms with Crippen LogP contribution in [0, 0.1) is 5.82 Å². The number of nitrogens with two attached hydrogens (primary N) is 1. The molecule has 2 N–H and O–H groups in total. The lowest BCUT2D eigenvalue weighted by Crippen LogP contribution is -2.35. The molecule has 0 bridgehead atoms. The van der Waals surface area contributed by atoms with Gasteiger partial charge < -0.3 is 15.5 Å². The first-order chi connectivity index (χ1) is 8.08. The average Bonchev–Trinajstić information content (AvgIpc) is 2.45. The Hall–Kier alpha value is -1.92. The van der Waals surface area contributed by atoms with Gasteiger partial charge in [-0.05, 0) is 6.42 Å². The minimum Gasteiger partial charge on any atom is -0.368 e. The fourth-order valence-corrected chi connectivity index (χ4v) is 1.76. The third-order valence-corrected chi connectivity index (χ3v) is 2.72. The molecular weight excluding hydrogens is 225 g/mol. The topological polar surface area (TPSA) is 75.3 Å². The highest BCUT2D eigenvalue weighted by atomic mass is 19.1. The predicted octanol–water partition coefficient (Wildman–Crippen LogP) is -0.134. The monoisotopic (exact) mass is 239 g/mol. The molecule has 0 aromatic carbocycles. The van der Waals surface area contributed by atoms with Crippen LogP contribution in [0.15, 0.2) is 6.20 Å². The highest BCUT2D eigenvalue weighted by Gasteiger charge is 2.22. The van der Waals surface area contributed by atoms with Gasteiger partial charge in [0.25, 0.3) is 0 Å². The highest BCUT2D eigenvalue weighted by Crippen LogP contribution is 2.18. The normalized spacial score (nSPS) is 17.2. The summed E-state index contributed by atoms with van der Waals surface area (Å²) < 4.78 is 13.6. The number of aromatic nitrogens is 2. The summed E-state index contributed by atoms with van der Waals surface area (Å²) >= 11 is 0. The summed E-state index contributed by atoms with van der Waals surface area (Å²) in [6.45, 7) is 1.35. The van der Waals surface area contributed by atoms with E-state index < -0.39 is 5.82 Å². The van der Waals surface area contributed by atoms with Crippen molar-refractivity contribution in [3.63, 3.8) is 0 Å². The van der Waals surface area contributed by atoms with Gasteiger partial charge in [-0.15, -0.1) is 0 Å². The molecule has 1 fully saturated rings. The number of amides is 1. The van der Waals surface area contributed by atoms with Crippen molar-refractivity contribution in [3.05, 3.63) is 12.0 Å². The second kappa shape index (κ2) is 4.52. The number of likely N-dealkylation sites (N-methyl/N-ethyl adjacent to an activating group) is 1. The molecule has 0 unspecified atom stereocenters. The van der Waals surface area contributed by atoms with E-state index >= 15 is 0 Å². The molecule has 2 rings (SSSR count). The summed E-state index contributed by atoms with van der Waals surface area (Å²) in [5.41, 5.74) is 5.42. The van der Waals surface area contributed by atoms with Crippen molar-refractivity contribution >= 4 is 17.7 Å². The maximum atomic E-state index is 13.6. The van der Waals surface area contributed by atoms with Crippen LogP contribution in [0.25, 0.3) is 0 Å². The molecule has 1 saturated heterocycles. The number of nitrogen functional groups attached to an aromatic ring is 1. The lowest BCUT2D eigenvalue weighted by molar-refractivity contribution is -0.127. The molecule has 2 heterocycles. The number of anilines is 2. The largest absolute Gasteiger partial charge is 0.368 e. The number of hydrogen-bond acceptors (Lipinski definition) is 5. The van der Waals surface area contributed by atoms with Crippen LogP contribution >= 0.6 is 0 Å². The lowest BCUT2D eigenvalue weighted by atomic mass is 10.4. The molecule has 1 aliphatic heterocycles. The Balaban J connectivity index is 2.26. The minimum atomic E-state index is -0.559. The van der Waals surface area contributed by atoms with Crippen molar-refractivity contribution in [3.8, 4) is 0 Å². The van der Waals surface area contributed by atoms with Crippen LogP contribution < -0.4 is 10.6 Å². The summed E-state index contributed by atoms with van der Waals surface area (Å²) in [4.78, 5) is 22.3. The van der Waals surface area contributed by atoms with E-state index in [0.29, 0.717) is 13.1 Å². The van der Waals surface area contributed by atoms with Crippen LogP contribution in [0.2, 0.25) is 0 Å². The summed E-state index contributed by atoms with van der Waals surface area (Å²) in [5, 5.41) is 0. The SMILES string of the molecule is CN1CCCN(c2nc(N)ncc2F)CC1=O. The Bertz CT molecular complexity index is 439. The van der Waals surface area contributed by atoms with Gasteiger partial charge in [-0.2, -0.15) is 4.98 Å². The fourth-order valence-electron chi connectivity index (χ4n) is 1.76. The van der Waals surface area contributed by atoms with E-state index in [1.165, 1.54) is 0 Å². The van der Waals surface area contributed by atoms with E-state index in [0.717, 1.165) is 12.6 Å². The zero-order valence-electron chi connectivity index (χ0n) is 9.56. The molecule has 0 spiro atoms. The molecule has 1 amide bonds. The first kappa shape index (κ1) is 11.6. The zero-order valence-corrected chi connectivity index (χ0v) is 9.56. The van der Waals surface area contributed by atoms with Crippen molar-refractivity contribution in [2.75, 3.05) is 37.3 Å². The van der Waals surface area contributed by atoms with Crippen molar-refractivity contribution in [1.29, 1.82) is 0 Å². The lowest BCUT2D eigenvalue weighted by Gasteiger charge is -2.20. The van der Waals surface area contributed by atoms with E-state index in [1.807, 2.05) is 0 Å². The summed E-state index contributed by atoms with van der Waals surface area (Å²) in [6, 6.07) is 0. The molecule has 1 aromatic rings. The van der Waals surface area contributed by atoms with Gasteiger partial charge in [0.05, 0.1) is 12.7 Å². The van der Waals surface area contributed by atoms with Gasteiger partial charge in [-0.3, -0.25) is 4.79 Å². The zero-order chi connectivity index (χ0) is 12.4. The number of nitrogens with zero attached hydrogens (tertiary/aromatic N) is 4. The van der Waals surface area contributed by atoms with Gasteiger partial charge >= 0.3 is 0 Å². The van der Waals surface area contributed by atoms with E-state index in [9.17, 15) is 9.18 Å². The van der Waals surface area contributed by atoms with E-state index in [4.69, 9.17) is 5.73 Å². The molecule has 1 aromatic heterocycles. The number of carbonyl (C=O) groups is 1. The Labute approximate surface area is 98.2 Å². The van der Waals surface area contributed by atoms with Crippen LogP contribution in [0.5, 0.6) is 0 Å². The van der Waals surface area contributed by atoms with Gasteiger partial charge in [0.1, 0.15) is 0 Å². The second-order valence-electron chi connectivity index (χ2n) is 3.99. The van der Waals surface area contributed by atoms with Gasteiger partial charge in [0, 0.05) is 20.1 Å². The molecule has 6 nitrogen and oxygen atoms in total. The molecule has 0 radical (unpaired) electrons. The maximum Gasteiger partial charge on any atom is 0.241 e. The number of carbonyl (C=O) groups excluding carboxylic acids is 1. The smallest absolute Gasteiger partial charge is 0.241 e. The van der Waals surface area contributed by atoms with E-state index in [2.05, 4.69) is 9.97 Å². The van der Waals surface area contributed by atoms with Crippen molar-refractivity contribution in [2.45, 2.75) is 6.42 Å². The summed E-state index contributed by atoms with van der Waals surface area (Å²) in [7, 11) is 1.73. The fraction of sp³-hybridized carbons (Fsp3) is 0.500. The second-order valence-corrected chi connectivity index (χ2v) is 3.99. The van der Waals surface area contributed by atoms with Gasteiger partial charge in [0.15, 0.2) is 11.6 Å². The first-order valence-corrected chi connectivity index (χ1v) is 5.35. The summed E-state index contributed by atoms with van der Waals surface area (Å²) in [6.07, 6.45) is 1.79. The molecule has 0 atom stereocenters. The minimum absolute atomic E-state index is 0.00597. The third-order valence-electron chi connectivity index (χ3n) is 2.72. The van der Waals surface area contributed by atoms with E-state index in [-0.39, 0.29) is 24.2 Å². The van der Waals surface area contributed by atoms with Crippen LogP contribution in [-0.4, -0.2) is 47.5 Å². The molecular formula is C10H14FN5O. The molecule has 7 heteroatoms. The highest BCUT2D eigenvalue weighted by molar-refractivity contribution is 5.81. The van der Waals surface area contributed by atoms with Gasteiger partial charge in [-0.25, -0.2) is 9.37 Å². The Morgan fingerprint density at radius 1 is 1.47 bits per heavy atom. The van der Waals surface area contributed by atoms with Gasteiger partial charge in [0.2, 0.25) is 11.9 Å². The first-order valence-electron chi connectivity index (χ1n) is 5.35. The average molecular weight is 239 g/mol. The maximum absolute atomic E-state index is 13.6. The van der Waals surface area contributed by atoms with Crippen molar-refractivity contribution in [1.82, 2.24) is 14.9 Å². The quantitative estimate of drug-likeness (QED) is 0.738. The van der Waals surface area contributed by atoms with Crippen LogP contribution in [-0.2, 0) is 4.79 Å². The Kier molecular flexibility index (Phi) is 3.08. The van der Waals surface area contributed by atoms with Gasteiger partial charge in [-0.1, -0.05) is 0 Å². The van der Waals surface area contributed by atoms with Crippen LogP contribution in [0.4, 0.5) is 16.2 Å². The Morgan fingerprint density at radius 3 is 3.00 bits per heavy atom. The number of halogens is 1. The molecule has 1 aliphatic rings. The standard InChI is InChI=1S/C10H14FN5O/c1-15-3-2-4-16(6-8(15)17)9-7(11)5-13-10(12)14-9/h5H,2-4,6H2,1H3,(H2,12,13,14). The molecule has 17 heavy (non-hydrogen) atoms. The predicted molar refractivity (Wildman–Crippen MR) is 60.9 cm³/mol. The van der Waals surface area contributed by atoms with Crippen molar-refractivity contribution < 1.29 is 9.18 Å². The molecule has 0 saturated carbocycles. The molecule has 92 valence electrons. The molecule has 0 aliphatic carbocycles. The van der Waals surface area contributed by atoms with Crippen LogP contribution in [0.3, 0.4) is 0 Å². The Morgan fingerprint density at radius 2 is 2.24 bits per heavy atom. The number of rotatable bonds is 1. The van der Waals surface area contributed by atoms with Crippen molar-refractivity contribution in [2.24, 2.45) is 0 Å². The van der Waals surface area contributed by atoms with Crippen LogP contribution in [0.1, 0.15) is 6.42 Å². The van der Waals surface area contributed by atoms with E-state index in [1.54, 1.807) is 16.8 Å².